The van der Waals surface area contributed by atoms with Crippen molar-refractivity contribution in [3.8, 4) is 0 Å². The molecule has 0 bridgehead atoms. The number of hydrogen-bond acceptors (Lipinski definition) is 4. The Morgan fingerprint density at radius 1 is 1.33 bits per heavy atom. The molecule has 8 heteroatoms. The van der Waals surface area contributed by atoms with E-state index in [1.165, 1.54) is 11.9 Å². The number of rotatable bonds is 4. The van der Waals surface area contributed by atoms with Crippen molar-refractivity contribution in [2.45, 2.75) is 12.6 Å². The standard InChI is InChI=1S/C13H12F3N3OS/c1-19(7-4-9-2-5-17-6-3-9)12(20)10-11(13(14,15)16)18-8-21-10/h2-3,5-6,8H,4,7H2,1H3. The summed E-state index contributed by atoms with van der Waals surface area (Å²) in [4.78, 5) is 20.1. The first-order valence-corrected chi connectivity index (χ1v) is 6.92. The van der Waals surface area contributed by atoms with E-state index >= 15 is 0 Å². The zero-order chi connectivity index (χ0) is 15.5. The van der Waals surface area contributed by atoms with Crippen LogP contribution in [0.2, 0.25) is 0 Å². The van der Waals surface area contributed by atoms with E-state index in [1.807, 2.05) is 0 Å². The van der Waals surface area contributed by atoms with Gasteiger partial charge in [0, 0.05) is 26.0 Å². The smallest absolute Gasteiger partial charge is 0.341 e. The minimum Gasteiger partial charge on any atom is -0.341 e. The highest BCUT2D eigenvalue weighted by Crippen LogP contribution is 2.33. The van der Waals surface area contributed by atoms with E-state index in [1.54, 1.807) is 24.5 Å². The fourth-order valence-corrected chi connectivity index (χ4v) is 2.52. The van der Waals surface area contributed by atoms with Crippen molar-refractivity contribution in [3.05, 3.63) is 46.2 Å². The van der Waals surface area contributed by atoms with Crippen LogP contribution in [0.15, 0.2) is 30.0 Å². The SMILES string of the molecule is CN(CCc1ccncc1)C(=O)c1scnc1C(F)(F)F. The van der Waals surface area contributed by atoms with Gasteiger partial charge in [0.2, 0.25) is 0 Å². The maximum atomic E-state index is 12.7. The Morgan fingerprint density at radius 2 is 2.00 bits per heavy atom. The number of likely N-dealkylation sites (N-methyl/N-ethyl adjacent to an activating group) is 1. The van der Waals surface area contributed by atoms with Gasteiger partial charge in [-0.2, -0.15) is 13.2 Å². The highest BCUT2D eigenvalue weighted by molar-refractivity contribution is 7.11. The lowest BCUT2D eigenvalue weighted by Gasteiger charge is -2.17. The second-order valence-electron chi connectivity index (χ2n) is 4.36. The number of amides is 1. The quantitative estimate of drug-likeness (QED) is 0.871. The van der Waals surface area contributed by atoms with Crippen molar-refractivity contribution < 1.29 is 18.0 Å². The number of pyridine rings is 1. The van der Waals surface area contributed by atoms with Gasteiger partial charge in [-0.3, -0.25) is 9.78 Å². The van der Waals surface area contributed by atoms with Crippen LogP contribution in [0, 0.1) is 0 Å². The third-order valence-corrected chi connectivity index (χ3v) is 3.68. The molecule has 0 radical (unpaired) electrons. The van der Waals surface area contributed by atoms with Crippen molar-refractivity contribution in [1.82, 2.24) is 14.9 Å². The van der Waals surface area contributed by atoms with Gasteiger partial charge in [0.15, 0.2) is 5.69 Å². The molecule has 0 saturated heterocycles. The molecule has 0 aliphatic heterocycles. The summed E-state index contributed by atoms with van der Waals surface area (Å²) < 4.78 is 38.2. The molecule has 0 aromatic carbocycles. The molecule has 21 heavy (non-hydrogen) atoms. The van der Waals surface area contributed by atoms with Crippen LogP contribution in [0.4, 0.5) is 13.2 Å². The first-order chi connectivity index (χ1) is 9.89. The van der Waals surface area contributed by atoms with Crippen molar-refractivity contribution in [3.63, 3.8) is 0 Å². The molecular weight excluding hydrogens is 303 g/mol. The summed E-state index contributed by atoms with van der Waals surface area (Å²) in [6, 6.07) is 3.60. The molecule has 2 rings (SSSR count). The Labute approximate surface area is 123 Å². The Hall–Kier alpha value is -1.96. The number of halogens is 3. The molecule has 0 atom stereocenters. The van der Waals surface area contributed by atoms with E-state index < -0.39 is 17.8 Å². The highest BCUT2D eigenvalue weighted by Gasteiger charge is 2.38. The monoisotopic (exact) mass is 315 g/mol. The Morgan fingerprint density at radius 3 is 2.62 bits per heavy atom. The molecule has 0 unspecified atom stereocenters. The fraction of sp³-hybridized carbons (Fsp3) is 0.308. The largest absolute Gasteiger partial charge is 0.434 e. The third-order valence-electron chi connectivity index (χ3n) is 2.86. The maximum Gasteiger partial charge on any atom is 0.434 e. The maximum absolute atomic E-state index is 12.7. The van der Waals surface area contributed by atoms with Gasteiger partial charge in [-0.1, -0.05) is 0 Å². The molecule has 0 aliphatic rings. The van der Waals surface area contributed by atoms with Crippen LogP contribution in [0.25, 0.3) is 0 Å². The number of hydrogen-bond donors (Lipinski definition) is 0. The van der Waals surface area contributed by atoms with Gasteiger partial charge in [0.25, 0.3) is 5.91 Å². The van der Waals surface area contributed by atoms with Crippen LogP contribution < -0.4 is 0 Å². The summed E-state index contributed by atoms with van der Waals surface area (Å²) in [7, 11) is 1.48. The molecule has 0 fully saturated rings. The molecule has 0 N–H and O–H groups in total. The third kappa shape index (κ3) is 3.78. The zero-order valence-corrected chi connectivity index (χ0v) is 11.9. The molecule has 2 aromatic heterocycles. The summed E-state index contributed by atoms with van der Waals surface area (Å²) >= 11 is 0.702. The summed E-state index contributed by atoms with van der Waals surface area (Å²) in [6.45, 7) is 0.318. The van der Waals surface area contributed by atoms with E-state index in [4.69, 9.17) is 0 Å². The molecular formula is C13H12F3N3OS. The van der Waals surface area contributed by atoms with E-state index in [-0.39, 0.29) is 4.88 Å². The van der Waals surface area contributed by atoms with Crippen LogP contribution in [-0.4, -0.2) is 34.4 Å². The van der Waals surface area contributed by atoms with Crippen molar-refractivity contribution in [2.75, 3.05) is 13.6 Å². The lowest BCUT2D eigenvalue weighted by Crippen LogP contribution is -2.30. The number of nitrogens with zero attached hydrogens (tertiary/aromatic N) is 3. The van der Waals surface area contributed by atoms with Crippen LogP contribution >= 0.6 is 11.3 Å². The number of carbonyl (C=O) groups is 1. The van der Waals surface area contributed by atoms with Crippen molar-refractivity contribution >= 4 is 17.2 Å². The second kappa shape index (κ2) is 6.21. The first-order valence-electron chi connectivity index (χ1n) is 6.04. The van der Waals surface area contributed by atoms with Gasteiger partial charge in [0.1, 0.15) is 4.88 Å². The van der Waals surface area contributed by atoms with E-state index in [2.05, 4.69) is 9.97 Å². The zero-order valence-electron chi connectivity index (χ0n) is 11.1. The fourth-order valence-electron chi connectivity index (χ4n) is 1.72. The molecule has 0 spiro atoms. The highest BCUT2D eigenvalue weighted by atomic mass is 32.1. The lowest BCUT2D eigenvalue weighted by molar-refractivity contribution is -0.141. The van der Waals surface area contributed by atoms with Gasteiger partial charge in [-0.25, -0.2) is 4.98 Å². The summed E-state index contributed by atoms with van der Waals surface area (Å²) in [5.74, 6) is -0.668. The van der Waals surface area contributed by atoms with Crippen molar-refractivity contribution in [1.29, 1.82) is 0 Å². The predicted octanol–water partition coefficient (Wildman–Crippen LogP) is 2.87. The van der Waals surface area contributed by atoms with E-state index in [9.17, 15) is 18.0 Å². The average molecular weight is 315 g/mol. The predicted molar refractivity (Wildman–Crippen MR) is 72.0 cm³/mol. The Balaban J connectivity index is 2.05. The lowest BCUT2D eigenvalue weighted by atomic mass is 10.2. The molecule has 2 aromatic rings. The molecule has 1 amide bonds. The van der Waals surface area contributed by atoms with Crippen molar-refractivity contribution in [2.24, 2.45) is 0 Å². The summed E-state index contributed by atoms with van der Waals surface area (Å²) in [5.41, 5.74) is 0.880. The first kappa shape index (κ1) is 15.4. The molecule has 0 saturated carbocycles. The average Bonchev–Trinajstić information content (AvgIpc) is 2.94. The van der Waals surface area contributed by atoms with Gasteiger partial charge >= 0.3 is 6.18 Å². The van der Waals surface area contributed by atoms with E-state index in [0.29, 0.717) is 24.3 Å². The van der Waals surface area contributed by atoms with Crippen LogP contribution in [-0.2, 0) is 12.6 Å². The van der Waals surface area contributed by atoms with Crippen LogP contribution in [0.5, 0.6) is 0 Å². The Kier molecular flexibility index (Phi) is 4.56. The second-order valence-corrected chi connectivity index (χ2v) is 5.21. The minimum absolute atomic E-state index is 0.318. The minimum atomic E-state index is -4.61. The van der Waals surface area contributed by atoms with Gasteiger partial charge in [-0.15, -0.1) is 11.3 Å². The number of carbonyl (C=O) groups excluding carboxylic acids is 1. The van der Waals surface area contributed by atoms with Gasteiger partial charge in [0.05, 0.1) is 5.51 Å². The normalized spacial score (nSPS) is 11.4. The molecule has 2 heterocycles. The van der Waals surface area contributed by atoms with Crippen LogP contribution in [0.1, 0.15) is 20.9 Å². The number of aromatic nitrogens is 2. The topological polar surface area (TPSA) is 46.1 Å². The van der Waals surface area contributed by atoms with Gasteiger partial charge in [-0.05, 0) is 24.1 Å². The number of alkyl halides is 3. The molecule has 0 aliphatic carbocycles. The molecule has 4 nitrogen and oxygen atoms in total. The molecule has 112 valence electrons. The number of thiazole rings is 1. The summed E-state index contributed by atoms with van der Waals surface area (Å²) in [6.07, 6.45) is -0.813. The summed E-state index contributed by atoms with van der Waals surface area (Å²) in [5, 5.41) is 0. The van der Waals surface area contributed by atoms with Crippen LogP contribution in [0.3, 0.4) is 0 Å². The van der Waals surface area contributed by atoms with Gasteiger partial charge < -0.3 is 4.90 Å². The van der Waals surface area contributed by atoms with E-state index in [0.717, 1.165) is 11.1 Å². The Bertz CT molecular complexity index is 613.